The van der Waals surface area contributed by atoms with Crippen molar-refractivity contribution in [1.29, 1.82) is 0 Å². The second kappa shape index (κ2) is 6.65. The molecule has 26 heavy (non-hydrogen) atoms. The van der Waals surface area contributed by atoms with E-state index in [1.165, 1.54) is 27.8 Å². The normalized spacial score (nSPS) is 14.5. The molecule has 0 amide bonds. The minimum atomic E-state index is 0.798. The summed E-state index contributed by atoms with van der Waals surface area (Å²) in [5.41, 5.74) is 7.52. The number of rotatable bonds is 4. The molecule has 0 unspecified atom stereocenters. The standard InChI is InChI=1S/C21H25N3O2/c1-14-7-18-19(8-15(14)2)24(12-22-18)13-23-6-5-16-9-20(25-3)21(26-4)10-17(16)11-23/h7-10,12H,5-6,11,13H2,1-4H3. The molecule has 0 bridgehead atoms. The van der Waals surface area contributed by atoms with Crippen LogP contribution in [0.5, 0.6) is 11.5 Å². The maximum absolute atomic E-state index is 5.47. The monoisotopic (exact) mass is 351 g/mol. The van der Waals surface area contributed by atoms with Crippen LogP contribution in [0.4, 0.5) is 0 Å². The van der Waals surface area contributed by atoms with Gasteiger partial charge in [0.25, 0.3) is 0 Å². The van der Waals surface area contributed by atoms with Crippen molar-refractivity contribution < 1.29 is 9.47 Å². The van der Waals surface area contributed by atoms with Gasteiger partial charge in [-0.3, -0.25) is 4.90 Å². The van der Waals surface area contributed by atoms with E-state index in [0.717, 1.165) is 43.2 Å². The molecule has 0 fully saturated rings. The van der Waals surface area contributed by atoms with Crippen LogP contribution in [0.15, 0.2) is 30.6 Å². The summed E-state index contributed by atoms with van der Waals surface area (Å²) < 4.78 is 13.1. The van der Waals surface area contributed by atoms with E-state index in [0.29, 0.717) is 0 Å². The van der Waals surface area contributed by atoms with Crippen molar-refractivity contribution in [2.75, 3.05) is 20.8 Å². The molecule has 5 heteroatoms. The van der Waals surface area contributed by atoms with Crippen LogP contribution in [0.1, 0.15) is 22.3 Å². The summed E-state index contributed by atoms with van der Waals surface area (Å²) in [4.78, 5) is 7.03. The Labute approximate surface area is 154 Å². The maximum Gasteiger partial charge on any atom is 0.161 e. The number of hydrogen-bond donors (Lipinski definition) is 0. The van der Waals surface area contributed by atoms with E-state index in [9.17, 15) is 0 Å². The molecule has 2 aromatic carbocycles. The van der Waals surface area contributed by atoms with Gasteiger partial charge in [0.15, 0.2) is 11.5 Å². The Hall–Kier alpha value is -2.53. The van der Waals surface area contributed by atoms with Gasteiger partial charge in [-0.1, -0.05) is 0 Å². The fourth-order valence-corrected chi connectivity index (χ4v) is 3.70. The van der Waals surface area contributed by atoms with E-state index in [1.807, 2.05) is 6.33 Å². The van der Waals surface area contributed by atoms with Gasteiger partial charge >= 0.3 is 0 Å². The summed E-state index contributed by atoms with van der Waals surface area (Å²) in [5.74, 6) is 1.61. The van der Waals surface area contributed by atoms with Crippen LogP contribution in [0.2, 0.25) is 0 Å². The SMILES string of the molecule is COc1cc2c(cc1OC)CN(Cn1cnc3cc(C)c(C)cc31)CC2. The first-order valence-electron chi connectivity index (χ1n) is 8.97. The lowest BCUT2D eigenvalue weighted by Gasteiger charge is -2.29. The van der Waals surface area contributed by atoms with Crippen molar-refractivity contribution in [3.8, 4) is 11.5 Å². The summed E-state index contributed by atoms with van der Waals surface area (Å²) >= 11 is 0. The predicted molar refractivity (Wildman–Crippen MR) is 103 cm³/mol. The molecule has 0 saturated heterocycles. The van der Waals surface area contributed by atoms with Gasteiger partial charge in [-0.05, 0) is 66.8 Å². The Morgan fingerprint density at radius 2 is 1.65 bits per heavy atom. The largest absolute Gasteiger partial charge is 0.493 e. The highest BCUT2D eigenvalue weighted by molar-refractivity contribution is 5.77. The minimum Gasteiger partial charge on any atom is -0.493 e. The topological polar surface area (TPSA) is 39.5 Å². The number of ether oxygens (including phenoxy) is 2. The first kappa shape index (κ1) is 16.9. The molecule has 5 nitrogen and oxygen atoms in total. The van der Waals surface area contributed by atoms with Crippen LogP contribution in [0, 0.1) is 13.8 Å². The minimum absolute atomic E-state index is 0.798. The third kappa shape index (κ3) is 2.92. The predicted octanol–water partition coefficient (Wildman–Crippen LogP) is 3.69. The third-order valence-corrected chi connectivity index (χ3v) is 5.39. The molecule has 136 valence electrons. The van der Waals surface area contributed by atoms with Crippen molar-refractivity contribution in [2.45, 2.75) is 33.5 Å². The molecule has 0 N–H and O–H groups in total. The van der Waals surface area contributed by atoms with Crippen LogP contribution in [-0.4, -0.2) is 35.2 Å². The van der Waals surface area contributed by atoms with Gasteiger partial charge in [0.1, 0.15) is 0 Å². The molecule has 0 spiro atoms. The van der Waals surface area contributed by atoms with Crippen LogP contribution in [0.3, 0.4) is 0 Å². The number of benzene rings is 2. The molecule has 2 heterocycles. The number of aryl methyl sites for hydroxylation is 2. The van der Waals surface area contributed by atoms with Gasteiger partial charge in [0.2, 0.25) is 0 Å². The van der Waals surface area contributed by atoms with Crippen LogP contribution >= 0.6 is 0 Å². The molecule has 3 aromatic rings. The van der Waals surface area contributed by atoms with Crippen LogP contribution < -0.4 is 9.47 Å². The molecule has 0 aliphatic carbocycles. The fourth-order valence-electron chi connectivity index (χ4n) is 3.70. The fraction of sp³-hybridized carbons (Fsp3) is 0.381. The summed E-state index contributed by atoms with van der Waals surface area (Å²) in [6, 6.07) is 8.64. The first-order valence-corrected chi connectivity index (χ1v) is 8.97. The summed E-state index contributed by atoms with van der Waals surface area (Å²) in [6.07, 6.45) is 2.97. The van der Waals surface area contributed by atoms with Gasteiger partial charge in [-0.15, -0.1) is 0 Å². The van der Waals surface area contributed by atoms with Gasteiger partial charge < -0.3 is 14.0 Å². The van der Waals surface area contributed by atoms with Crippen molar-refractivity contribution >= 4 is 11.0 Å². The Morgan fingerprint density at radius 3 is 2.38 bits per heavy atom. The molecule has 1 aliphatic rings. The zero-order valence-electron chi connectivity index (χ0n) is 15.9. The van der Waals surface area contributed by atoms with E-state index in [-0.39, 0.29) is 0 Å². The Kier molecular flexibility index (Phi) is 4.32. The zero-order valence-corrected chi connectivity index (χ0v) is 15.9. The Morgan fingerprint density at radius 1 is 0.962 bits per heavy atom. The number of aromatic nitrogens is 2. The number of nitrogens with zero attached hydrogens (tertiary/aromatic N) is 3. The quantitative estimate of drug-likeness (QED) is 0.719. The molecule has 1 aromatic heterocycles. The molecule has 0 saturated carbocycles. The van der Waals surface area contributed by atoms with Gasteiger partial charge in [-0.2, -0.15) is 0 Å². The highest BCUT2D eigenvalue weighted by Crippen LogP contribution is 2.33. The number of methoxy groups -OCH3 is 2. The summed E-state index contributed by atoms with van der Waals surface area (Å²) in [5, 5.41) is 0. The lowest BCUT2D eigenvalue weighted by molar-refractivity contribution is 0.202. The van der Waals surface area contributed by atoms with Gasteiger partial charge in [-0.25, -0.2) is 4.98 Å². The van der Waals surface area contributed by atoms with E-state index in [1.54, 1.807) is 14.2 Å². The van der Waals surface area contributed by atoms with Crippen LogP contribution in [-0.2, 0) is 19.6 Å². The highest BCUT2D eigenvalue weighted by atomic mass is 16.5. The molecular weight excluding hydrogens is 326 g/mol. The van der Waals surface area contributed by atoms with E-state index in [2.05, 4.69) is 52.6 Å². The molecular formula is C21H25N3O2. The highest BCUT2D eigenvalue weighted by Gasteiger charge is 2.20. The number of hydrogen-bond acceptors (Lipinski definition) is 4. The van der Waals surface area contributed by atoms with Gasteiger partial charge in [0, 0.05) is 13.1 Å². The number of imidazole rings is 1. The van der Waals surface area contributed by atoms with Crippen molar-refractivity contribution in [3.05, 3.63) is 52.8 Å². The Balaban J connectivity index is 1.59. The smallest absolute Gasteiger partial charge is 0.161 e. The molecule has 1 aliphatic heterocycles. The first-order chi connectivity index (χ1) is 12.6. The van der Waals surface area contributed by atoms with Gasteiger partial charge in [0.05, 0.1) is 38.2 Å². The average molecular weight is 351 g/mol. The third-order valence-electron chi connectivity index (χ3n) is 5.39. The second-order valence-corrected chi connectivity index (χ2v) is 7.06. The molecule has 4 rings (SSSR count). The lowest BCUT2D eigenvalue weighted by Crippen LogP contribution is -2.32. The Bertz CT molecular complexity index is 962. The molecule has 0 atom stereocenters. The van der Waals surface area contributed by atoms with E-state index in [4.69, 9.17) is 9.47 Å². The summed E-state index contributed by atoms with van der Waals surface area (Å²) in [6.45, 7) is 7.06. The number of fused-ring (bicyclic) bond motifs is 2. The molecule has 0 radical (unpaired) electrons. The second-order valence-electron chi connectivity index (χ2n) is 7.06. The maximum atomic E-state index is 5.47. The van der Waals surface area contributed by atoms with Crippen molar-refractivity contribution in [1.82, 2.24) is 14.5 Å². The lowest BCUT2D eigenvalue weighted by atomic mass is 9.99. The zero-order chi connectivity index (χ0) is 18.3. The average Bonchev–Trinajstić information content (AvgIpc) is 3.02. The summed E-state index contributed by atoms with van der Waals surface area (Å²) in [7, 11) is 3.38. The van der Waals surface area contributed by atoms with E-state index < -0.39 is 0 Å². The van der Waals surface area contributed by atoms with E-state index >= 15 is 0 Å². The van der Waals surface area contributed by atoms with Crippen molar-refractivity contribution in [3.63, 3.8) is 0 Å². The van der Waals surface area contributed by atoms with Crippen LogP contribution in [0.25, 0.3) is 11.0 Å². The van der Waals surface area contributed by atoms with Crippen molar-refractivity contribution in [2.24, 2.45) is 0 Å².